The summed E-state index contributed by atoms with van der Waals surface area (Å²) < 4.78 is 3.36. The lowest BCUT2D eigenvalue weighted by atomic mass is 9.97. The normalized spacial score (nSPS) is 15.4. The maximum absolute atomic E-state index is 12.8. The number of likely N-dealkylation sites (tertiary alicyclic amines) is 1. The highest BCUT2D eigenvalue weighted by Gasteiger charge is 2.26. The van der Waals surface area contributed by atoms with Gasteiger partial charge in [-0.1, -0.05) is 26.0 Å². The number of thiazole rings is 1. The summed E-state index contributed by atoms with van der Waals surface area (Å²) in [6, 6.07) is 8.34. The van der Waals surface area contributed by atoms with Crippen molar-refractivity contribution in [1.82, 2.24) is 19.7 Å². The molecular weight excluding hydrogens is 392 g/mol. The SMILES string of the molecule is Cc1nn(CC(C)C)c(C)c1CCC(=O)N1CCC(c2nc3ccccc3s2)CC1. The zero-order valence-electron chi connectivity index (χ0n) is 18.5. The number of piperidine rings is 1. The van der Waals surface area contributed by atoms with Crippen LogP contribution in [0.2, 0.25) is 0 Å². The minimum absolute atomic E-state index is 0.271. The van der Waals surface area contributed by atoms with Gasteiger partial charge < -0.3 is 4.90 Å². The van der Waals surface area contributed by atoms with E-state index in [4.69, 9.17) is 4.98 Å². The largest absolute Gasteiger partial charge is 0.343 e. The van der Waals surface area contributed by atoms with Gasteiger partial charge in [0.2, 0.25) is 5.91 Å². The van der Waals surface area contributed by atoms with Crippen molar-refractivity contribution in [3.8, 4) is 0 Å². The molecule has 1 saturated heterocycles. The van der Waals surface area contributed by atoms with Gasteiger partial charge in [-0.05, 0) is 56.7 Å². The first kappa shape index (κ1) is 21.0. The Morgan fingerprint density at radius 1 is 1.20 bits per heavy atom. The zero-order valence-corrected chi connectivity index (χ0v) is 19.3. The molecule has 3 heterocycles. The molecule has 1 amide bonds. The molecule has 0 atom stereocenters. The monoisotopic (exact) mass is 424 g/mol. The van der Waals surface area contributed by atoms with Crippen molar-refractivity contribution in [2.24, 2.45) is 5.92 Å². The van der Waals surface area contributed by atoms with E-state index in [9.17, 15) is 4.79 Å². The Morgan fingerprint density at radius 3 is 2.63 bits per heavy atom. The fourth-order valence-corrected chi connectivity index (χ4v) is 5.59. The minimum atomic E-state index is 0.271. The van der Waals surface area contributed by atoms with Gasteiger partial charge >= 0.3 is 0 Å². The van der Waals surface area contributed by atoms with Crippen LogP contribution in [0.3, 0.4) is 0 Å². The summed E-state index contributed by atoms with van der Waals surface area (Å²) >= 11 is 1.81. The second-order valence-corrected chi connectivity index (χ2v) is 9.96. The van der Waals surface area contributed by atoms with Gasteiger partial charge in [-0.2, -0.15) is 5.10 Å². The van der Waals surface area contributed by atoms with Crippen molar-refractivity contribution >= 4 is 27.5 Å². The zero-order chi connectivity index (χ0) is 21.3. The highest BCUT2D eigenvalue weighted by atomic mass is 32.1. The topological polar surface area (TPSA) is 51.0 Å². The molecule has 0 unspecified atom stereocenters. The first-order valence-corrected chi connectivity index (χ1v) is 11.9. The molecule has 0 aliphatic carbocycles. The molecule has 30 heavy (non-hydrogen) atoms. The van der Waals surface area contributed by atoms with Gasteiger partial charge in [0.05, 0.1) is 20.9 Å². The molecular formula is C24H32N4OS. The van der Waals surface area contributed by atoms with Crippen molar-refractivity contribution in [2.45, 2.75) is 65.8 Å². The second kappa shape index (κ2) is 8.88. The maximum atomic E-state index is 12.8. The van der Waals surface area contributed by atoms with Crippen LogP contribution in [-0.4, -0.2) is 38.7 Å². The molecule has 1 fully saturated rings. The van der Waals surface area contributed by atoms with Gasteiger partial charge in [-0.25, -0.2) is 4.98 Å². The number of nitrogens with zero attached hydrogens (tertiary/aromatic N) is 4. The molecule has 6 heteroatoms. The van der Waals surface area contributed by atoms with Crippen LogP contribution in [0.4, 0.5) is 0 Å². The summed E-state index contributed by atoms with van der Waals surface area (Å²) in [6.07, 6.45) is 3.37. The lowest BCUT2D eigenvalue weighted by molar-refractivity contribution is -0.132. The van der Waals surface area contributed by atoms with Crippen molar-refractivity contribution in [2.75, 3.05) is 13.1 Å². The fraction of sp³-hybridized carbons (Fsp3) is 0.542. The summed E-state index contributed by atoms with van der Waals surface area (Å²) in [5.74, 6) is 1.31. The van der Waals surface area contributed by atoms with Crippen LogP contribution in [0.5, 0.6) is 0 Å². The maximum Gasteiger partial charge on any atom is 0.222 e. The molecule has 1 aliphatic heterocycles. The Hall–Kier alpha value is -2.21. The van der Waals surface area contributed by atoms with E-state index < -0.39 is 0 Å². The van der Waals surface area contributed by atoms with Crippen molar-refractivity contribution < 1.29 is 4.79 Å². The average molecular weight is 425 g/mol. The van der Waals surface area contributed by atoms with Crippen molar-refractivity contribution in [1.29, 1.82) is 0 Å². The van der Waals surface area contributed by atoms with Gasteiger partial charge in [0.15, 0.2) is 0 Å². The third-order valence-electron chi connectivity index (χ3n) is 6.17. The van der Waals surface area contributed by atoms with E-state index in [2.05, 4.69) is 55.7 Å². The molecule has 0 saturated carbocycles. The Morgan fingerprint density at radius 2 is 1.93 bits per heavy atom. The van der Waals surface area contributed by atoms with E-state index in [0.29, 0.717) is 18.3 Å². The number of hydrogen-bond donors (Lipinski definition) is 0. The smallest absolute Gasteiger partial charge is 0.222 e. The summed E-state index contributed by atoms with van der Waals surface area (Å²) in [5.41, 5.74) is 4.62. The number of amides is 1. The fourth-order valence-electron chi connectivity index (χ4n) is 4.45. The first-order chi connectivity index (χ1) is 14.4. The minimum Gasteiger partial charge on any atom is -0.343 e. The molecule has 3 aromatic rings. The molecule has 160 valence electrons. The van der Waals surface area contributed by atoms with E-state index in [1.165, 1.54) is 21.0 Å². The van der Waals surface area contributed by atoms with Gasteiger partial charge in [0.25, 0.3) is 0 Å². The van der Waals surface area contributed by atoms with Crippen LogP contribution in [0.25, 0.3) is 10.2 Å². The summed E-state index contributed by atoms with van der Waals surface area (Å²) in [7, 11) is 0. The Balaban J connectivity index is 1.32. The summed E-state index contributed by atoms with van der Waals surface area (Å²) in [5, 5.41) is 5.92. The van der Waals surface area contributed by atoms with Crippen LogP contribution < -0.4 is 0 Å². The molecule has 0 bridgehead atoms. The Labute approximate surface area is 183 Å². The first-order valence-electron chi connectivity index (χ1n) is 11.1. The van der Waals surface area contributed by atoms with E-state index in [1.807, 2.05) is 11.0 Å². The quantitative estimate of drug-likeness (QED) is 0.553. The highest BCUT2D eigenvalue weighted by Crippen LogP contribution is 2.34. The van der Waals surface area contributed by atoms with Gasteiger partial charge in [-0.15, -0.1) is 11.3 Å². The number of aromatic nitrogens is 3. The van der Waals surface area contributed by atoms with E-state index in [0.717, 1.165) is 50.1 Å². The summed E-state index contributed by atoms with van der Waals surface area (Å²) in [4.78, 5) is 19.7. The van der Waals surface area contributed by atoms with E-state index in [-0.39, 0.29) is 5.91 Å². The number of hydrogen-bond acceptors (Lipinski definition) is 4. The predicted molar refractivity (Wildman–Crippen MR) is 123 cm³/mol. The number of aryl methyl sites for hydroxylation is 1. The lowest BCUT2D eigenvalue weighted by Crippen LogP contribution is -2.38. The van der Waals surface area contributed by atoms with Gasteiger partial charge in [-0.3, -0.25) is 9.48 Å². The predicted octanol–water partition coefficient (Wildman–Crippen LogP) is 5.10. The number of benzene rings is 1. The van der Waals surface area contributed by atoms with Crippen LogP contribution in [0.1, 0.15) is 61.0 Å². The molecule has 4 rings (SSSR count). The number of carbonyl (C=O) groups is 1. The lowest BCUT2D eigenvalue weighted by Gasteiger charge is -2.31. The third kappa shape index (κ3) is 4.43. The van der Waals surface area contributed by atoms with E-state index >= 15 is 0 Å². The molecule has 0 N–H and O–H groups in total. The standard InChI is InChI=1S/C24H32N4OS/c1-16(2)15-28-18(4)20(17(3)26-28)9-10-23(29)27-13-11-19(12-14-27)24-25-21-7-5-6-8-22(21)30-24/h5-8,16,19H,9-15H2,1-4H3. The Bertz CT molecular complexity index is 994. The molecule has 5 nitrogen and oxygen atoms in total. The molecule has 1 aromatic carbocycles. The van der Waals surface area contributed by atoms with Crippen molar-refractivity contribution in [3.63, 3.8) is 0 Å². The highest BCUT2D eigenvalue weighted by molar-refractivity contribution is 7.18. The number of fused-ring (bicyclic) bond motifs is 1. The average Bonchev–Trinajstić information content (AvgIpc) is 3.27. The molecule has 2 aromatic heterocycles. The summed E-state index contributed by atoms with van der Waals surface area (Å²) in [6.45, 7) is 11.2. The van der Waals surface area contributed by atoms with Gasteiger partial charge in [0, 0.05) is 37.7 Å². The number of para-hydroxylation sites is 1. The molecule has 0 radical (unpaired) electrons. The number of rotatable bonds is 6. The van der Waals surface area contributed by atoms with Crippen LogP contribution in [-0.2, 0) is 17.8 Å². The Kier molecular flexibility index (Phi) is 6.23. The van der Waals surface area contributed by atoms with E-state index in [1.54, 1.807) is 11.3 Å². The molecule has 1 aliphatic rings. The van der Waals surface area contributed by atoms with Crippen LogP contribution >= 0.6 is 11.3 Å². The van der Waals surface area contributed by atoms with Crippen molar-refractivity contribution in [3.05, 3.63) is 46.2 Å². The van der Waals surface area contributed by atoms with Gasteiger partial charge in [0.1, 0.15) is 0 Å². The van der Waals surface area contributed by atoms with Crippen LogP contribution in [0, 0.1) is 19.8 Å². The second-order valence-electron chi connectivity index (χ2n) is 8.90. The number of carbonyl (C=O) groups excluding carboxylic acids is 1. The molecule has 0 spiro atoms. The third-order valence-corrected chi connectivity index (χ3v) is 7.36. The van der Waals surface area contributed by atoms with Crippen LogP contribution in [0.15, 0.2) is 24.3 Å².